The Morgan fingerprint density at radius 2 is 2.21 bits per heavy atom. The van der Waals surface area contributed by atoms with Crippen molar-refractivity contribution in [3.8, 4) is 0 Å². The number of hydrogen-bond donors (Lipinski definition) is 1. The predicted octanol–water partition coefficient (Wildman–Crippen LogP) is 1.79. The van der Waals surface area contributed by atoms with Crippen LogP contribution in [0.25, 0.3) is 0 Å². The number of nitrogens with one attached hydrogen (secondary N) is 1. The third kappa shape index (κ3) is 2.92. The SMILES string of the molecule is C[C@H](N[S@](=O)C(C)(C)C)c1cocn1. The maximum absolute atomic E-state index is 11.7. The van der Waals surface area contributed by atoms with Gasteiger partial charge >= 0.3 is 0 Å². The van der Waals surface area contributed by atoms with Gasteiger partial charge in [0.1, 0.15) is 6.26 Å². The fraction of sp³-hybridized carbons (Fsp3) is 0.667. The second kappa shape index (κ2) is 4.23. The molecule has 0 aliphatic carbocycles. The topological polar surface area (TPSA) is 55.1 Å². The first-order chi connectivity index (χ1) is 6.41. The zero-order valence-electron chi connectivity index (χ0n) is 8.90. The van der Waals surface area contributed by atoms with Crippen LogP contribution in [0.2, 0.25) is 0 Å². The van der Waals surface area contributed by atoms with Crippen molar-refractivity contribution in [1.29, 1.82) is 0 Å². The summed E-state index contributed by atoms with van der Waals surface area (Å²) in [6, 6.07) is -0.0613. The van der Waals surface area contributed by atoms with Crippen LogP contribution in [-0.2, 0) is 11.0 Å². The van der Waals surface area contributed by atoms with Gasteiger partial charge in [-0.15, -0.1) is 0 Å². The number of aromatic nitrogens is 1. The lowest BCUT2D eigenvalue weighted by Gasteiger charge is -2.20. The molecule has 0 aliphatic rings. The molecular formula is C9H16N2O2S. The van der Waals surface area contributed by atoms with Crippen LogP contribution in [0.15, 0.2) is 17.1 Å². The predicted molar refractivity (Wildman–Crippen MR) is 55.9 cm³/mol. The lowest BCUT2D eigenvalue weighted by atomic mass is 10.3. The molecule has 0 spiro atoms. The van der Waals surface area contributed by atoms with Gasteiger partial charge in [-0.2, -0.15) is 0 Å². The van der Waals surface area contributed by atoms with Gasteiger partial charge in [-0.1, -0.05) is 0 Å². The summed E-state index contributed by atoms with van der Waals surface area (Å²) in [7, 11) is -1.08. The van der Waals surface area contributed by atoms with Gasteiger partial charge in [-0.05, 0) is 27.7 Å². The zero-order valence-corrected chi connectivity index (χ0v) is 9.72. The first-order valence-corrected chi connectivity index (χ1v) is 5.62. The van der Waals surface area contributed by atoms with E-state index in [4.69, 9.17) is 4.42 Å². The van der Waals surface area contributed by atoms with E-state index in [9.17, 15) is 4.21 Å². The Hall–Kier alpha value is -0.680. The summed E-state index contributed by atoms with van der Waals surface area (Å²) >= 11 is 0. The second-order valence-corrected chi connectivity index (χ2v) is 6.13. The fourth-order valence-corrected chi connectivity index (χ4v) is 1.63. The lowest BCUT2D eigenvalue weighted by molar-refractivity contribution is 0.553. The quantitative estimate of drug-likeness (QED) is 0.838. The molecule has 80 valence electrons. The molecule has 14 heavy (non-hydrogen) atoms. The van der Waals surface area contributed by atoms with E-state index in [2.05, 4.69) is 9.71 Å². The Morgan fingerprint density at radius 1 is 1.57 bits per heavy atom. The van der Waals surface area contributed by atoms with Gasteiger partial charge in [-0.25, -0.2) is 13.9 Å². The molecule has 0 unspecified atom stereocenters. The monoisotopic (exact) mass is 216 g/mol. The molecular weight excluding hydrogens is 200 g/mol. The van der Waals surface area contributed by atoms with Gasteiger partial charge in [0.15, 0.2) is 6.39 Å². The Labute approximate surface area is 86.7 Å². The minimum atomic E-state index is -1.08. The van der Waals surface area contributed by atoms with Crippen LogP contribution in [0.3, 0.4) is 0 Å². The highest BCUT2D eigenvalue weighted by Crippen LogP contribution is 2.15. The summed E-state index contributed by atoms with van der Waals surface area (Å²) in [4.78, 5) is 3.99. The van der Waals surface area contributed by atoms with Crippen molar-refractivity contribution in [3.63, 3.8) is 0 Å². The molecule has 5 heteroatoms. The van der Waals surface area contributed by atoms with E-state index < -0.39 is 11.0 Å². The largest absolute Gasteiger partial charge is 0.451 e. The van der Waals surface area contributed by atoms with Gasteiger partial charge in [0, 0.05) is 0 Å². The Bertz CT molecular complexity index is 303. The van der Waals surface area contributed by atoms with Crippen LogP contribution in [0.4, 0.5) is 0 Å². The number of hydrogen-bond acceptors (Lipinski definition) is 3. The average Bonchev–Trinajstić information content (AvgIpc) is 2.53. The highest BCUT2D eigenvalue weighted by atomic mass is 32.2. The molecule has 0 aromatic carbocycles. The minimum Gasteiger partial charge on any atom is -0.451 e. The summed E-state index contributed by atoms with van der Waals surface area (Å²) in [6.07, 6.45) is 2.92. The van der Waals surface area contributed by atoms with E-state index in [1.807, 2.05) is 27.7 Å². The molecule has 0 bridgehead atoms. The van der Waals surface area contributed by atoms with Gasteiger partial charge in [0.2, 0.25) is 0 Å². The van der Waals surface area contributed by atoms with Gasteiger partial charge in [0.05, 0.1) is 27.5 Å². The van der Waals surface area contributed by atoms with Crippen molar-refractivity contribution in [3.05, 3.63) is 18.4 Å². The molecule has 1 rings (SSSR count). The molecule has 2 atom stereocenters. The molecule has 1 N–H and O–H groups in total. The van der Waals surface area contributed by atoms with Crippen molar-refractivity contribution < 1.29 is 8.63 Å². The normalized spacial score (nSPS) is 16.6. The van der Waals surface area contributed by atoms with Crippen LogP contribution in [0, 0.1) is 0 Å². The summed E-state index contributed by atoms with van der Waals surface area (Å²) in [5.74, 6) is 0. The first kappa shape index (κ1) is 11.4. The van der Waals surface area contributed by atoms with Crippen LogP contribution in [0.5, 0.6) is 0 Å². The highest BCUT2D eigenvalue weighted by molar-refractivity contribution is 7.84. The Morgan fingerprint density at radius 3 is 2.64 bits per heavy atom. The maximum Gasteiger partial charge on any atom is 0.180 e. The summed E-state index contributed by atoms with van der Waals surface area (Å²) in [6.45, 7) is 7.67. The molecule has 0 amide bonds. The second-order valence-electron chi connectivity index (χ2n) is 4.13. The molecule has 4 nitrogen and oxygen atoms in total. The fourth-order valence-electron chi connectivity index (χ4n) is 0.833. The molecule has 0 radical (unpaired) electrons. The van der Waals surface area contributed by atoms with Crippen molar-refractivity contribution in [2.24, 2.45) is 0 Å². The molecule has 1 heterocycles. The van der Waals surface area contributed by atoms with Crippen molar-refractivity contribution in [2.75, 3.05) is 0 Å². The van der Waals surface area contributed by atoms with E-state index in [1.54, 1.807) is 6.26 Å². The Kier molecular flexibility index (Phi) is 3.44. The number of nitrogens with zero attached hydrogens (tertiary/aromatic N) is 1. The smallest absolute Gasteiger partial charge is 0.180 e. The Balaban J connectivity index is 2.58. The van der Waals surface area contributed by atoms with Gasteiger partial charge in [-0.3, -0.25) is 0 Å². The highest BCUT2D eigenvalue weighted by Gasteiger charge is 2.22. The third-order valence-electron chi connectivity index (χ3n) is 1.74. The molecule has 1 aromatic rings. The van der Waals surface area contributed by atoms with Crippen molar-refractivity contribution in [2.45, 2.75) is 38.5 Å². The van der Waals surface area contributed by atoms with E-state index in [0.29, 0.717) is 0 Å². The third-order valence-corrected chi connectivity index (χ3v) is 3.42. The molecule has 0 fully saturated rings. The van der Waals surface area contributed by atoms with Crippen molar-refractivity contribution >= 4 is 11.0 Å². The molecule has 0 aliphatic heterocycles. The van der Waals surface area contributed by atoms with Crippen molar-refractivity contribution in [1.82, 2.24) is 9.71 Å². The minimum absolute atomic E-state index is 0.0613. The van der Waals surface area contributed by atoms with Gasteiger partial charge < -0.3 is 4.42 Å². The number of rotatable bonds is 3. The summed E-state index contributed by atoms with van der Waals surface area (Å²) < 4.78 is 19.3. The molecule has 0 saturated carbocycles. The number of oxazole rings is 1. The maximum atomic E-state index is 11.7. The molecule has 1 aromatic heterocycles. The van der Waals surface area contributed by atoms with Crippen LogP contribution < -0.4 is 4.72 Å². The first-order valence-electron chi connectivity index (χ1n) is 4.47. The summed E-state index contributed by atoms with van der Waals surface area (Å²) in [5, 5.41) is 0. The summed E-state index contributed by atoms with van der Waals surface area (Å²) in [5.41, 5.74) is 0.766. The van der Waals surface area contributed by atoms with Crippen LogP contribution in [0.1, 0.15) is 39.4 Å². The zero-order chi connectivity index (χ0) is 10.8. The standard InChI is InChI=1S/C9H16N2O2S/c1-7(8-5-13-6-10-8)11-14(12)9(2,3)4/h5-7,11H,1-4H3/t7-,14+/m0/s1. The van der Waals surface area contributed by atoms with E-state index >= 15 is 0 Å². The van der Waals surface area contributed by atoms with Crippen LogP contribution >= 0.6 is 0 Å². The van der Waals surface area contributed by atoms with E-state index in [1.165, 1.54) is 6.39 Å². The van der Waals surface area contributed by atoms with Crippen LogP contribution in [-0.4, -0.2) is 13.9 Å². The average molecular weight is 216 g/mol. The van der Waals surface area contributed by atoms with E-state index in [0.717, 1.165) is 5.69 Å². The van der Waals surface area contributed by atoms with Gasteiger partial charge in [0.25, 0.3) is 0 Å². The molecule has 0 saturated heterocycles. The lowest BCUT2D eigenvalue weighted by Crippen LogP contribution is -2.34. The van der Waals surface area contributed by atoms with E-state index in [-0.39, 0.29) is 10.8 Å².